The molecule has 1 aliphatic heterocycles. The van der Waals surface area contributed by atoms with Gasteiger partial charge in [-0.05, 0) is 38.9 Å². The van der Waals surface area contributed by atoms with E-state index < -0.39 is 0 Å². The predicted molar refractivity (Wildman–Crippen MR) is 76.1 cm³/mol. The molecule has 0 radical (unpaired) electrons. The Morgan fingerprint density at radius 1 is 1.44 bits per heavy atom. The number of nitrogens with one attached hydrogen (secondary N) is 1. The van der Waals surface area contributed by atoms with Crippen LogP contribution in [0.2, 0.25) is 0 Å². The summed E-state index contributed by atoms with van der Waals surface area (Å²) in [5, 5.41) is 3.54. The lowest BCUT2D eigenvalue weighted by atomic mass is 9.98. The Balaban J connectivity index is 2.05. The van der Waals surface area contributed by atoms with Crippen molar-refractivity contribution in [2.24, 2.45) is 0 Å². The molecular weight excluding hydrogens is 226 g/mol. The van der Waals surface area contributed by atoms with E-state index in [2.05, 4.69) is 24.2 Å². The molecule has 1 saturated heterocycles. The van der Waals surface area contributed by atoms with Gasteiger partial charge in [-0.1, -0.05) is 0 Å². The van der Waals surface area contributed by atoms with Crippen molar-refractivity contribution in [3.05, 3.63) is 18.2 Å². The van der Waals surface area contributed by atoms with E-state index in [-0.39, 0.29) is 0 Å². The molecule has 1 aromatic carbocycles. The maximum absolute atomic E-state index is 5.99. The maximum Gasteiger partial charge on any atom is 0.121 e. The molecule has 100 valence electrons. The third-order valence-electron chi connectivity index (χ3n) is 3.83. The summed E-state index contributed by atoms with van der Waals surface area (Å²) in [5.74, 6) is 0.840. The quantitative estimate of drug-likeness (QED) is 0.806. The van der Waals surface area contributed by atoms with E-state index in [0.29, 0.717) is 12.1 Å². The van der Waals surface area contributed by atoms with Crippen LogP contribution in [0.4, 0.5) is 11.4 Å². The summed E-state index contributed by atoms with van der Waals surface area (Å²) in [6.07, 6.45) is 2.30. The summed E-state index contributed by atoms with van der Waals surface area (Å²) in [6, 6.07) is 6.85. The Labute approximate surface area is 109 Å². The third kappa shape index (κ3) is 2.88. The van der Waals surface area contributed by atoms with Gasteiger partial charge in [0.15, 0.2) is 0 Å². The van der Waals surface area contributed by atoms with Crippen molar-refractivity contribution in [3.63, 3.8) is 0 Å². The largest absolute Gasteiger partial charge is 0.497 e. The smallest absolute Gasteiger partial charge is 0.121 e. The van der Waals surface area contributed by atoms with Crippen LogP contribution in [-0.4, -0.2) is 37.7 Å². The van der Waals surface area contributed by atoms with Crippen LogP contribution in [0.5, 0.6) is 5.75 Å². The van der Waals surface area contributed by atoms with Crippen molar-refractivity contribution < 1.29 is 4.74 Å². The summed E-state index contributed by atoms with van der Waals surface area (Å²) >= 11 is 0. The number of hydrogen-bond donors (Lipinski definition) is 2. The Hall–Kier alpha value is -1.42. The molecule has 4 heteroatoms. The zero-order valence-corrected chi connectivity index (χ0v) is 11.4. The van der Waals surface area contributed by atoms with Gasteiger partial charge in [-0.15, -0.1) is 0 Å². The summed E-state index contributed by atoms with van der Waals surface area (Å²) in [4.78, 5) is 2.40. The summed E-state index contributed by atoms with van der Waals surface area (Å²) < 4.78 is 5.23. The minimum Gasteiger partial charge on any atom is -0.497 e. The van der Waals surface area contributed by atoms with Crippen molar-refractivity contribution in [2.75, 3.05) is 31.8 Å². The number of hydrogen-bond acceptors (Lipinski definition) is 4. The molecule has 2 atom stereocenters. The van der Waals surface area contributed by atoms with E-state index in [1.165, 1.54) is 0 Å². The molecule has 0 spiro atoms. The SMILES string of the molecule is COc1ccc(N)c(NC2CCN(C)C(C)C2)c1. The topological polar surface area (TPSA) is 50.5 Å². The molecule has 0 bridgehead atoms. The molecule has 18 heavy (non-hydrogen) atoms. The molecule has 0 aromatic heterocycles. The summed E-state index contributed by atoms with van der Waals surface area (Å²) in [6.45, 7) is 3.39. The van der Waals surface area contributed by atoms with Crippen molar-refractivity contribution in [3.8, 4) is 5.75 Å². The number of rotatable bonds is 3. The predicted octanol–water partition coefficient (Wildman–Crippen LogP) is 2.17. The molecular formula is C14H23N3O. The zero-order chi connectivity index (χ0) is 13.1. The average molecular weight is 249 g/mol. The van der Waals surface area contributed by atoms with E-state index >= 15 is 0 Å². The van der Waals surface area contributed by atoms with Gasteiger partial charge >= 0.3 is 0 Å². The molecule has 2 rings (SSSR count). The zero-order valence-electron chi connectivity index (χ0n) is 11.4. The van der Waals surface area contributed by atoms with Gasteiger partial charge in [-0.25, -0.2) is 0 Å². The number of nitrogens with zero attached hydrogens (tertiary/aromatic N) is 1. The van der Waals surface area contributed by atoms with E-state index in [4.69, 9.17) is 10.5 Å². The van der Waals surface area contributed by atoms with Crippen LogP contribution in [0, 0.1) is 0 Å². The van der Waals surface area contributed by atoms with Gasteiger partial charge in [-0.2, -0.15) is 0 Å². The van der Waals surface area contributed by atoms with Crippen molar-refractivity contribution >= 4 is 11.4 Å². The molecule has 3 N–H and O–H groups in total. The van der Waals surface area contributed by atoms with Gasteiger partial charge in [0.25, 0.3) is 0 Å². The highest BCUT2D eigenvalue weighted by Crippen LogP contribution is 2.27. The van der Waals surface area contributed by atoms with Gasteiger partial charge in [0.2, 0.25) is 0 Å². The number of nitrogen functional groups attached to an aromatic ring is 1. The maximum atomic E-state index is 5.99. The second-order valence-corrected chi connectivity index (χ2v) is 5.15. The van der Waals surface area contributed by atoms with Gasteiger partial charge < -0.3 is 20.7 Å². The summed E-state index contributed by atoms with van der Waals surface area (Å²) in [7, 11) is 3.85. The lowest BCUT2D eigenvalue weighted by Crippen LogP contribution is -2.42. The fourth-order valence-electron chi connectivity index (χ4n) is 2.43. The molecule has 0 saturated carbocycles. The number of methoxy groups -OCH3 is 1. The van der Waals surface area contributed by atoms with Crippen LogP contribution in [0.3, 0.4) is 0 Å². The highest BCUT2D eigenvalue weighted by atomic mass is 16.5. The minimum absolute atomic E-state index is 0.491. The number of likely N-dealkylation sites (tertiary alicyclic amines) is 1. The molecule has 2 unspecified atom stereocenters. The Kier molecular flexibility index (Phi) is 3.97. The van der Waals surface area contributed by atoms with E-state index in [0.717, 1.165) is 36.5 Å². The lowest BCUT2D eigenvalue weighted by molar-refractivity contribution is 0.190. The van der Waals surface area contributed by atoms with E-state index in [9.17, 15) is 0 Å². The number of nitrogens with two attached hydrogens (primary N) is 1. The Bertz CT molecular complexity index is 408. The number of anilines is 2. The van der Waals surface area contributed by atoms with Crippen LogP contribution in [-0.2, 0) is 0 Å². The molecule has 1 aromatic rings. The van der Waals surface area contributed by atoms with Crippen molar-refractivity contribution in [2.45, 2.75) is 31.8 Å². The van der Waals surface area contributed by atoms with Crippen LogP contribution < -0.4 is 15.8 Å². The molecule has 1 heterocycles. The Morgan fingerprint density at radius 2 is 2.22 bits per heavy atom. The molecule has 0 aliphatic carbocycles. The van der Waals surface area contributed by atoms with Gasteiger partial charge in [0, 0.05) is 24.7 Å². The normalized spacial score (nSPS) is 24.8. The average Bonchev–Trinajstić information content (AvgIpc) is 2.36. The molecule has 0 amide bonds. The van der Waals surface area contributed by atoms with Crippen LogP contribution in [0.1, 0.15) is 19.8 Å². The molecule has 1 aliphatic rings. The first-order chi connectivity index (χ1) is 8.60. The van der Waals surface area contributed by atoms with E-state index in [1.54, 1.807) is 7.11 Å². The van der Waals surface area contributed by atoms with Crippen LogP contribution in [0.15, 0.2) is 18.2 Å². The lowest BCUT2D eigenvalue weighted by Gasteiger charge is -2.36. The number of benzene rings is 1. The standard InChI is InChI=1S/C14H23N3O/c1-10-8-11(6-7-17(10)2)16-14-9-12(18-3)4-5-13(14)15/h4-5,9-11,16H,6-8,15H2,1-3H3. The first-order valence-electron chi connectivity index (χ1n) is 6.50. The second-order valence-electron chi connectivity index (χ2n) is 5.15. The van der Waals surface area contributed by atoms with Crippen LogP contribution >= 0.6 is 0 Å². The van der Waals surface area contributed by atoms with Gasteiger partial charge in [-0.3, -0.25) is 0 Å². The first kappa shape index (κ1) is 13.0. The highest BCUT2D eigenvalue weighted by molar-refractivity contribution is 5.68. The fourth-order valence-corrected chi connectivity index (χ4v) is 2.43. The second kappa shape index (κ2) is 5.48. The minimum atomic E-state index is 0.491. The number of ether oxygens (including phenoxy) is 1. The van der Waals surface area contributed by atoms with Crippen molar-refractivity contribution in [1.82, 2.24) is 4.90 Å². The molecule has 4 nitrogen and oxygen atoms in total. The summed E-state index contributed by atoms with van der Waals surface area (Å²) in [5.41, 5.74) is 7.76. The van der Waals surface area contributed by atoms with Crippen LogP contribution in [0.25, 0.3) is 0 Å². The number of piperidine rings is 1. The highest BCUT2D eigenvalue weighted by Gasteiger charge is 2.22. The third-order valence-corrected chi connectivity index (χ3v) is 3.83. The fraction of sp³-hybridized carbons (Fsp3) is 0.571. The molecule has 1 fully saturated rings. The van der Waals surface area contributed by atoms with Gasteiger partial charge in [0.05, 0.1) is 18.5 Å². The Morgan fingerprint density at radius 3 is 2.89 bits per heavy atom. The monoisotopic (exact) mass is 249 g/mol. The van der Waals surface area contributed by atoms with E-state index in [1.807, 2.05) is 18.2 Å². The van der Waals surface area contributed by atoms with Crippen molar-refractivity contribution in [1.29, 1.82) is 0 Å². The first-order valence-corrected chi connectivity index (χ1v) is 6.50. The van der Waals surface area contributed by atoms with Gasteiger partial charge in [0.1, 0.15) is 5.75 Å².